The van der Waals surface area contributed by atoms with Crippen molar-refractivity contribution in [3.05, 3.63) is 11.5 Å². The molecule has 0 saturated heterocycles. The first-order valence-electron chi connectivity index (χ1n) is 4.89. The predicted octanol–water partition coefficient (Wildman–Crippen LogP) is 1.04. The molecule has 1 aliphatic carbocycles. The van der Waals surface area contributed by atoms with Gasteiger partial charge in [-0.15, -0.1) is 0 Å². The van der Waals surface area contributed by atoms with Gasteiger partial charge in [-0.25, -0.2) is 9.97 Å². The van der Waals surface area contributed by atoms with Crippen molar-refractivity contribution in [3.63, 3.8) is 0 Å². The third kappa shape index (κ3) is 2.13. The minimum Gasteiger partial charge on any atom is -0.393 e. The molecule has 5 nitrogen and oxygen atoms in total. The number of aliphatic hydroxyl groups is 1. The van der Waals surface area contributed by atoms with E-state index in [0.29, 0.717) is 11.5 Å². The third-order valence-electron chi connectivity index (χ3n) is 2.64. The molecule has 0 aromatic carbocycles. The second-order valence-electron chi connectivity index (χ2n) is 3.68. The van der Waals surface area contributed by atoms with Crippen LogP contribution in [0.3, 0.4) is 0 Å². The number of nitrogens with one attached hydrogen (secondary N) is 1. The molecule has 0 amide bonds. The predicted molar refractivity (Wildman–Crippen MR) is 58.7 cm³/mol. The Balaban J connectivity index is 2.13. The SMILES string of the molecule is Nc1c(Cl)ncnc1N[C@H]1CCC[C@H]1O. The van der Waals surface area contributed by atoms with Crippen LogP contribution >= 0.6 is 11.6 Å². The maximum absolute atomic E-state index is 9.63. The number of aromatic nitrogens is 2. The summed E-state index contributed by atoms with van der Waals surface area (Å²) in [5, 5.41) is 13.0. The fourth-order valence-electron chi connectivity index (χ4n) is 1.77. The summed E-state index contributed by atoms with van der Waals surface area (Å²) in [7, 11) is 0. The van der Waals surface area contributed by atoms with Crippen molar-refractivity contribution in [2.75, 3.05) is 11.1 Å². The average molecular weight is 229 g/mol. The van der Waals surface area contributed by atoms with Gasteiger partial charge in [0, 0.05) is 0 Å². The third-order valence-corrected chi connectivity index (χ3v) is 2.94. The summed E-state index contributed by atoms with van der Waals surface area (Å²) < 4.78 is 0. The zero-order valence-electron chi connectivity index (χ0n) is 8.15. The molecule has 2 atom stereocenters. The van der Waals surface area contributed by atoms with Crippen LogP contribution in [0.15, 0.2) is 6.33 Å². The Morgan fingerprint density at radius 3 is 2.93 bits per heavy atom. The summed E-state index contributed by atoms with van der Waals surface area (Å²) in [5.74, 6) is 0.501. The minimum absolute atomic E-state index is 0.0123. The first-order chi connectivity index (χ1) is 7.18. The van der Waals surface area contributed by atoms with E-state index in [2.05, 4.69) is 15.3 Å². The van der Waals surface area contributed by atoms with Crippen molar-refractivity contribution in [3.8, 4) is 0 Å². The Bertz CT molecular complexity index is 360. The molecular weight excluding hydrogens is 216 g/mol. The van der Waals surface area contributed by atoms with Crippen molar-refractivity contribution < 1.29 is 5.11 Å². The lowest BCUT2D eigenvalue weighted by atomic mass is 10.2. The maximum Gasteiger partial charge on any atom is 0.157 e. The standard InChI is InChI=1S/C9H13ClN4O/c10-8-7(11)9(13-4-12-8)14-5-2-1-3-6(5)15/h4-6,15H,1-3,11H2,(H,12,13,14)/t5-,6+/m0/s1. The van der Waals surface area contributed by atoms with E-state index >= 15 is 0 Å². The van der Waals surface area contributed by atoms with Crippen LogP contribution in [-0.2, 0) is 0 Å². The largest absolute Gasteiger partial charge is 0.393 e. The molecule has 2 rings (SSSR count). The zero-order valence-corrected chi connectivity index (χ0v) is 8.91. The van der Waals surface area contributed by atoms with Gasteiger partial charge < -0.3 is 16.2 Å². The van der Waals surface area contributed by atoms with E-state index in [-0.39, 0.29) is 17.3 Å². The van der Waals surface area contributed by atoms with Crippen LogP contribution in [0.4, 0.5) is 11.5 Å². The second kappa shape index (κ2) is 4.20. The number of nitrogens with zero attached hydrogens (tertiary/aromatic N) is 2. The van der Waals surface area contributed by atoms with E-state index in [9.17, 15) is 5.11 Å². The zero-order chi connectivity index (χ0) is 10.8. The number of rotatable bonds is 2. The summed E-state index contributed by atoms with van der Waals surface area (Å²) >= 11 is 5.76. The van der Waals surface area contributed by atoms with Crippen molar-refractivity contribution in [1.29, 1.82) is 0 Å². The minimum atomic E-state index is -0.335. The van der Waals surface area contributed by atoms with Crippen LogP contribution in [0.5, 0.6) is 0 Å². The molecule has 1 saturated carbocycles. The molecule has 0 bridgehead atoms. The van der Waals surface area contributed by atoms with Gasteiger partial charge in [0.05, 0.1) is 12.1 Å². The van der Waals surface area contributed by atoms with Crippen molar-refractivity contribution in [1.82, 2.24) is 9.97 Å². The molecule has 15 heavy (non-hydrogen) atoms. The van der Waals surface area contributed by atoms with Crippen LogP contribution in [0, 0.1) is 0 Å². The van der Waals surface area contributed by atoms with Gasteiger partial charge in [0.15, 0.2) is 11.0 Å². The molecular formula is C9H13ClN4O. The number of hydrogen-bond donors (Lipinski definition) is 3. The molecule has 1 aliphatic rings. The number of nitrogen functional groups attached to an aromatic ring is 1. The fraction of sp³-hybridized carbons (Fsp3) is 0.556. The topological polar surface area (TPSA) is 84.1 Å². The van der Waals surface area contributed by atoms with E-state index in [1.54, 1.807) is 0 Å². The summed E-state index contributed by atoms with van der Waals surface area (Å²) in [6.45, 7) is 0. The van der Waals surface area contributed by atoms with E-state index in [1.807, 2.05) is 0 Å². The van der Waals surface area contributed by atoms with E-state index in [4.69, 9.17) is 17.3 Å². The highest BCUT2D eigenvalue weighted by molar-refractivity contribution is 6.32. The highest BCUT2D eigenvalue weighted by Crippen LogP contribution is 2.27. The number of hydrogen-bond acceptors (Lipinski definition) is 5. The molecule has 1 aromatic heterocycles. The van der Waals surface area contributed by atoms with E-state index in [1.165, 1.54) is 6.33 Å². The lowest BCUT2D eigenvalue weighted by Gasteiger charge is -2.17. The first kappa shape index (κ1) is 10.4. The van der Waals surface area contributed by atoms with Gasteiger partial charge in [-0.05, 0) is 19.3 Å². The summed E-state index contributed by atoms with van der Waals surface area (Å²) in [6, 6.07) is 0.0123. The smallest absolute Gasteiger partial charge is 0.157 e. The van der Waals surface area contributed by atoms with Crippen LogP contribution < -0.4 is 11.1 Å². The molecule has 6 heteroatoms. The molecule has 1 heterocycles. The normalized spacial score (nSPS) is 25.5. The summed E-state index contributed by atoms with van der Waals surface area (Å²) in [6.07, 6.45) is 3.76. The van der Waals surface area contributed by atoms with Gasteiger partial charge in [-0.3, -0.25) is 0 Å². The van der Waals surface area contributed by atoms with Crippen molar-refractivity contribution >= 4 is 23.1 Å². The number of aliphatic hydroxyl groups excluding tert-OH is 1. The van der Waals surface area contributed by atoms with E-state index < -0.39 is 0 Å². The monoisotopic (exact) mass is 228 g/mol. The molecule has 1 aromatic rings. The van der Waals surface area contributed by atoms with Gasteiger partial charge in [-0.2, -0.15) is 0 Å². The number of nitrogens with two attached hydrogens (primary N) is 1. The summed E-state index contributed by atoms with van der Waals surface area (Å²) in [5.41, 5.74) is 6.04. The Morgan fingerprint density at radius 1 is 1.47 bits per heavy atom. The molecule has 82 valence electrons. The Hall–Kier alpha value is -1.07. The molecule has 0 spiro atoms. The fourth-order valence-corrected chi connectivity index (χ4v) is 1.91. The van der Waals surface area contributed by atoms with Crippen LogP contribution in [0.2, 0.25) is 5.15 Å². The Labute approximate surface area is 92.7 Å². The lowest BCUT2D eigenvalue weighted by Crippen LogP contribution is -2.28. The molecule has 1 fully saturated rings. The molecule has 0 unspecified atom stereocenters. The van der Waals surface area contributed by atoms with Gasteiger partial charge in [0.1, 0.15) is 12.0 Å². The number of halogens is 1. The average Bonchev–Trinajstić information content (AvgIpc) is 2.60. The first-order valence-corrected chi connectivity index (χ1v) is 5.27. The van der Waals surface area contributed by atoms with Gasteiger partial charge in [-0.1, -0.05) is 11.6 Å². The molecule has 0 radical (unpaired) electrons. The highest BCUT2D eigenvalue weighted by atomic mass is 35.5. The Morgan fingerprint density at radius 2 is 2.27 bits per heavy atom. The van der Waals surface area contributed by atoms with Crippen LogP contribution in [0.25, 0.3) is 0 Å². The summed E-state index contributed by atoms with van der Waals surface area (Å²) in [4.78, 5) is 7.75. The lowest BCUT2D eigenvalue weighted by molar-refractivity contribution is 0.171. The van der Waals surface area contributed by atoms with Crippen molar-refractivity contribution in [2.45, 2.75) is 31.4 Å². The molecule has 4 N–H and O–H groups in total. The van der Waals surface area contributed by atoms with E-state index in [0.717, 1.165) is 19.3 Å². The second-order valence-corrected chi connectivity index (χ2v) is 4.03. The highest BCUT2D eigenvalue weighted by Gasteiger charge is 2.26. The molecule has 0 aliphatic heterocycles. The quantitative estimate of drug-likeness (QED) is 0.659. The van der Waals surface area contributed by atoms with Gasteiger partial charge >= 0.3 is 0 Å². The maximum atomic E-state index is 9.63. The van der Waals surface area contributed by atoms with Crippen LogP contribution in [-0.4, -0.2) is 27.2 Å². The van der Waals surface area contributed by atoms with Crippen molar-refractivity contribution in [2.24, 2.45) is 0 Å². The number of anilines is 2. The van der Waals surface area contributed by atoms with Crippen LogP contribution in [0.1, 0.15) is 19.3 Å². The van der Waals surface area contributed by atoms with Gasteiger partial charge in [0.2, 0.25) is 0 Å². The Kier molecular flexibility index (Phi) is 2.93. The van der Waals surface area contributed by atoms with Gasteiger partial charge in [0.25, 0.3) is 0 Å².